The van der Waals surface area contributed by atoms with Crippen molar-refractivity contribution in [3.05, 3.63) is 41.2 Å². The summed E-state index contributed by atoms with van der Waals surface area (Å²) in [5.41, 5.74) is 0.184. The number of rotatable bonds is 3. The predicted molar refractivity (Wildman–Crippen MR) is 90.9 cm³/mol. The van der Waals surface area contributed by atoms with Crippen LogP contribution >= 0.6 is 11.6 Å². The SMILES string of the molecule is CC[S+]([O-])c1cc(Cl)ccc1-c1nc2cc(C(F)(F)F)ncc2n1C. The summed E-state index contributed by atoms with van der Waals surface area (Å²) in [4.78, 5) is 8.27. The minimum absolute atomic E-state index is 0.169. The second kappa shape index (κ2) is 6.51. The van der Waals surface area contributed by atoms with Gasteiger partial charge >= 0.3 is 6.18 Å². The first-order valence-corrected chi connectivity index (χ1v) is 9.00. The summed E-state index contributed by atoms with van der Waals surface area (Å²) in [5.74, 6) is 0.793. The highest BCUT2D eigenvalue weighted by molar-refractivity contribution is 7.91. The second-order valence-electron chi connectivity index (χ2n) is 5.33. The average molecular weight is 388 g/mol. The zero-order chi connectivity index (χ0) is 18.4. The van der Waals surface area contributed by atoms with Crippen molar-refractivity contribution >= 4 is 33.8 Å². The molecule has 2 heterocycles. The van der Waals surface area contributed by atoms with Crippen LogP contribution < -0.4 is 0 Å². The van der Waals surface area contributed by atoms with Crippen molar-refractivity contribution in [3.8, 4) is 11.4 Å². The number of benzene rings is 1. The molecule has 1 aromatic carbocycles. The molecule has 2 aromatic heterocycles. The zero-order valence-electron chi connectivity index (χ0n) is 13.3. The van der Waals surface area contributed by atoms with Crippen molar-refractivity contribution in [1.29, 1.82) is 0 Å². The largest absolute Gasteiger partial charge is 0.611 e. The first-order valence-electron chi connectivity index (χ1n) is 7.30. The van der Waals surface area contributed by atoms with Crippen LogP contribution in [0.25, 0.3) is 22.4 Å². The normalized spacial score (nSPS) is 13.4. The number of halogens is 4. The maximum atomic E-state index is 12.9. The van der Waals surface area contributed by atoms with Gasteiger partial charge in [-0.05, 0) is 36.3 Å². The third-order valence-corrected chi connectivity index (χ3v) is 5.34. The number of aryl methyl sites for hydroxylation is 1. The molecule has 0 N–H and O–H groups in total. The van der Waals surface area contributed by atoms with Gasteiger partial charge in [0.05, 0.1) is 22.8 Å². The number of aromatic nitrogens is 3. The van der Waals surface area contributed by atoms with E-state index in [-0.39, 0.29) is 5.52 Å². The molecule has 3 aromatic rings. The van der Waals surface area contributed by atoms with Crippen molar-refractivity contribution in [2.24, 2.45) is 7.05 Å². The summed E-state index contributed by atoms with van der Waals surface area (Å²) in [6.07, 6.45) is -3.40. The average Bonchev–Trinajstić information content (AvgIpc) is 2.89. The Morgan fingerprint density at radius 2 is 2.00 bits per heavy atom. The maximum Gasteiger partial charge on any atom is 0.433 e. The van der Waals surface area contributed by atoms with E-state index in [1.165, 1.54) is 0 Å². The van der Waals surface area contributed by atoms with E-state index < -0.39 is 23.0 Å². The molecular weight excluding hydrogens is 375 g/mol. The molecule has 132 valence electrons. The molecule has 0 saturated heterocycles. The molecule has 0 fully saturated rings. The number of imidazole rings is 1. The summed E-state index contributed by atoms with van der Waals surface area (Å²) < 4.78 is 52.5. The molecule has 4 nitrogen and oxygen atoms in total. The molecule has 1 unspecified atom stereocenters. The molecule has 0 spiro atoms. The molecule has 0 bridgehead atoms. The lowest BCUT2D eigenvalue weighted by molar-refractivity contribution is -0.141. The fourth-order valence-electron chi connectivity index (χ4n) is 2.51. The summed E-state index contributed by atoms with van der Waals surface area (Å²) >= 11 is 4.70. The molecule has 1 atom stereocenters. The fraction of sp³-hybridized carbons (Fsp3) is 0.250. The lowest BCUT2D eigenvalue weighted by Crippen LogP contribution is -2.07. The van der Waals surface area contributed by atoms with Crippen LogP contribution in [-0.4, -0.2) is 24.8 Å². The molecule has 0 amide bonds. The molecule has 0 aliphatic rings. The molecule has 0 saturated carbocycles. The first-order chi connectivity index (χ1) is 11.7. The van der Waals surface area contributed by atoms with Gasteiger partial charge in [0.1, 0.15) is 17.3 Å². The van der Waals surface area contributed by atoms with Gasteiger partial charge in [-0.1, -0.05) is 11.6 Å². The first kappa shape index (κ1) is 18.0. The molecule has 0 radical (unpaired) electrons. The van der Waals surface area contributed by atoms with Gasteiger partial charge in [0, 0.05) is 18.1 Å². The standard InChI is InChI=1S/C16H13ClF3N3OS/c1-3-25(24)13-6-9(17)4-5-10(13)15-22-11-7-14(16(18,19)20)21-8-12(11)23(15)2/h4-8H,3H2,1-2H3. The van der Waals surface area contributed by atoms with E-state index in [1.807, 2.05) is 0 Å². The molecule has 9 heteroatoms. The monoisotopic (exact) mass is 387 g/mol. The quantitative estimate of drug-likeness (QED) is 0.624. The van der Waals surface area contributed by atoms with Crippen LogP contribution in [0.5, 0.6) is 0 Å². The van der Waals surface area contributed by atoms with Crippen molar-refractivity contribution in [2.75, 3.05) is 5.75 Å². The lowest BCUT2D eigenvalue weighted by atomic mass is 10.2. The van der Waals surface area contributed by atoms with Gasteiger partial charge in [-0.3, -0.25) is 0 Å². The van der Waals surface area contributed by atoms with Gasteiger partial charge in [-0.25, -0.2) is 9.97 Å². The third kappa shape index (κ3) is 3.33. The summed E-state index contributed by atoms with van der Waals surface area (Å²) in [6, 6.07) is 5.80. The van der Waals surface area contributed by atoms with Crippen LogP contribution in [0.1, 0.15) is 12.6 Å². The van der Waals surface area contributed by atoms with Gasteiger partial charge in [0.2, 0.25) is 0 Å². The van der Waals surface area contributed by atoms with Crippen molar-refractivity contribution in [1.82, 2.24) is 14.5 Å². The smallest absolute Gasteiger partial charge is 0.433 e. The Morgan fingerprint density at radius 1 is 1.28 bits per heavy atom. The number of nitrogens with zero attached hydrogens (tertiary/aromatic N) is 3. The van der Waals surface area contributed by atoms with Gasteiger partial charge in [-0.15, -0.1) is 0 Å². The topological polar surface area (TPSA) is 53.8 Å². The third-order valence-electron chi connectivity index (χ3n) is 3.75. The number of alkyl halides is 3. The Balaban J connectivity index is 2.22. The number of hydrogen-bond acceptors (Lipinski definition) is 3. The molecular formula is C16H13ClF3N3OS. The van der Waals surface area contributed by atoms with Crippen LogP contribution in [0.2, 0.25) is 5.02 Å². The van der Waals surface area contributed by atoms with Gasteiger partial charge in [0.25, 0.3) is 0 Å². The van der Waals surface area contributed by atoms with Gasteiger partial charge in [0.15, 0.2) is 4.90 Å². The molecule has 3 rings (SSSR count). The number of fused-ring (bicyclic) bond motifs is 1. The van der Waals surface area contributed by atoms with E-state index in [1.54, 1.807) is 36.7 Å². The molecule has 25 heavy (non-hydrogen) atoms. The van der Waals surface area contributed by atoms with E-state index in [4.69, 9.17) is 11.6 Å². The maximum absolute atomic E-state index is 12.9. The predicted octanol–water partition coefficient (Wildman–Crippen LogP) is 4.44. The highest BCUT2D eigenvalue weighted by Crippen LogP contribution is 2.34. The van der Waals surface area contributed by atoms with Crippen LogP contribution in [-0.2, 0) is 24.4 Å². The van der Waals surface area contributed by atoms with Crippen molar-refractivity contribution in [3.63, 3.8) is 0 Å². The van der Waals surface area contributed by atoms with Crippen LogP contribution in [0, 0.1) is 0 Å². The zero-order valence-corrected chi connectivity index (χ0v) is 14.8. The summed E-state index contributed by atoms with van der Waals surface area (Å²) in [7, 11) is 1.67. The highest BCUT2D eigenvalue weighted by atomic mass is 35.5. The Labute approximate surface area is 149 Å². The Bertz CT molecular complexity index is 942. The van der Waals surface area contributed by atoms with E-state index in [9.17, 15) is 17.7 Å². The van der Waals surface area contributed by atoms with Crippen molar-refractivity contribution < 1.29 is 17.7 Å². The van der Waals surface area contributed by atoms with Crippen molar-refractivity contribution in [2.45, 2.75) is 18.0 Å². The van der Waals surface area contributed by atoms with Crippen LogP contribution in [0.3, 0.4) is 0 Å². The minimum Gasteiger partial charge on any atom is -0.611 e. The number of pyridine rings is 1. The lowest BCUT2D eigenvalue weighted by Gasteiger charge is -2.13. The van der Waals surface area contributed by atoms with Crippen LogP contribution in [0.4, 0.5) is 13.2 Å². The number of hydrogen-bond donors (Lipinski definition) is 0. The van der Waals surface area contributed by atoms with Crippen LogP contribution in [0.15, 0.2) is 35.4 Å². The van der Waals surface area contributed by atoms with E-state index in [2.05, 4.69) is 9.97 Å². The Kier molecular flexibility index (Phi) is 4.70. The second-order valence-corrected chi connectivity index (χ2v) is 7.47. The molecule has 0 aliphatic heterocycles. The Hall–Kier alpha value is -1.77. The highest BCUT2D eigenvalue weighted by Gasteiger charge is 2.33. The Morgan fingerprint density at radius 3 is 2.64 bits per heavy atom. The van der Waals surface area contributed by atoms with Gasteiger partial charge in [-0.2, -0.15) is 13.2 Å². The van der Waals surface area contributed by atoms with E-state index in [0.29, 0.717) is 32.6 Å². The van der Waals surface area contributed by atoms with E-state index >= 15 is 0 Å². The minimum atomic E-state index is -4.54. The summed E-state index contributed by atoms with van der Waals surface area (Å²) in [5, 5.41) is 0.431. The van der Waals surface area contributed by atoms with Gasteiger partial charge < -0.3 is 9.12 Å². The summed E-state index contributed by atoms with van der Waals surface area (Å²) in [6.45, 7) is 1.77. The van der Waals surface area contributed by atoms with E-state index in [0.717, 1.165) is 12.3 Å². The molecule has 0 aliphatic carbocycles. The fourth-order valence-corrected chi connectivity index (χ4v) is 3.72.